The number of methoxy groups -OCH3 is 2. The quantitative estimate of drug-likeness (QED) is 0.431. The number of hydrogen-bond donors (Lipinski definition) is 0. The highest BCUT2D eigenvalue weighted by Gasteiger charge is 2.53. The summed E-state index contributed by atoms with van der Waals surface area (Å²) in [6.45, 7) is 0. The molecule has 0 N–H and O–H groups in total. The summed E-state index contributed by atoms with van der Waals surface area (Å²) < 4.78 is 10.9. The number of alkyl halides is 1. The van der Waals surface area contributed by atoms with Crippen molar-refractivity contribution < 1.29 is 19.1 Å². The predicted octanol–water partition coefficient (Wildman–Crippen LogP) is 3.46. The van der Waals surface area contributed by atoms with Crippen LogP contribution in [-0.2, 0) is 5.41 Å². The lowest BCUT2D eigenvalue weighted by atomic mass is 9.78. The van der Waals surface area contributed by atoms with Crippen molar-refractivity contribution in [2.24, 2.45) is 0 Å². The fourth-order valence-electron chi connectivity index (χ4n) is 3.00. The maximum absolute atomic E-state index is 13.0. The first-order valence-electron chi connectivity index (χ1n) is 7.07. The summed E-state index contributed by atoms with van der Waals surface area (Å²) in [4.78, 5) is 26.0. The predicted molar refractivity (Wildman–Crippen MR) is 95.2 cm³/mol. The van der Waals surface area contributed by atoms with Crippen LogP contribution in [0.25, 0.3) is 0 Å². The van der Waals surface area contributed by atoms with E-state index in [1.807, 2.05) is 0 Å². The molecule has 0 saturated carbocycles. The normalized spacial score (nSPS) is 15.4. The van der Waals surface area contributed by atoms with Gasteiger partial charge in [0.05, 0.1) is 14.2 Å². The van der Waals surface area contributed by atoms with E-state index in [4.69, 9.17) is 9.47 Å². The van der Waals surface area contributed by atoms with Gasteiger partial charge in [-0.3, -0.25) is 9.59 Å². The van der Waals surface area contributed by atoms with E-state index in [1.165, 1.54) is 7.11 Å². The molecule has 1 aliphatic rings. The molecule has 0 atom stereocenters. The van der Waals surface area contributed by atoms with Gasteiger partial charge in [0.1, 0.15) is 5.41 Å². The summed E-state index contributed by atoms with van der Waals surface area (Å²) in [7, 11) is 3.08. The Hall–Kier alpha value is -1.89. The second-order valence-corrected chi connectivity index (χ2v) is 6.08. The lowest BCUT2D eigenvalue weighted by molar-refractivity contribution is 0.0817. The first kappa shape index (κ1) is 16.0. The molecule has 4 nitrogen and oxygen atoms in total. The minimum absolute atomic E-state index is 0.153. The molecular formula is C18H15IO4. The van der Waals surface area contributed by atoms with Crippen molar-refractivity contribution >= 4 is 34.2 Å². The molecule has 0 saturated heterocycles. The minimum Gasteiger partial charge on any atom is -0.493 e. The Kier molecular flexibility index (Phi) is 4.14. The van der Waals surface area contributed by atoms with Gasteiger partial charge in [0.25, 0.3) is 0 Å². The maximum Gasteiger partial charge on any atom is 0.182 e. The standard InChI is InChI=1S/C18H15IO4/c1-22-14-8-7-11(9-15(14)23-2)18(10-19)16(20)12-5-3-4-6-13(12)17(18)21/h3-9H,10H2,1-2H3. The summed E-state index contributed by atoms with van der Waals surface area (Å²) in [6.07, 6.45) is 0. The Morgan fingerprint density at radius 2 is 1.48 bits per heavy atom. The zero-order valence-corrected chi connectivity index (χ0v) is 14.9. The van der Waals surface area contributed by atoms with Crippen LogP contribution in [0.4, 0.5) is 0 Å². The molecule has 0 fully saturated rings. The van der Waals surface area contributed by atoms with Crippen LogP contribution in [0.2, 0.25) is 0 Å². The molecule has 0 spiro atoms. The number of carbonyl (C=O) groups excluding carboxylic acids is 2. The molecular weight excluding hydrogens is 407 g/mol. The van der Waals surface area contributed by atoms with Gasteiger partial charge in [-0.25, -0.2) is 0 Å². The highest BCUT2D eigenvalue weighted by atomic mass is 127. The van der Waals surface area contributed by atoms with Crippen molar-refractivity contribution in [2.75, 3.05) is 18.6 Å². The largest absolute Gasteiger partial charge is 0.493 e. The molecule has 0 radical (unpaired) electrons. The molecule has 2 aromatic rings. The van der Waals surface area contributed by atoms with Gasteiger partial charge in [-0.05, 0) is 17.7 Å². The van der Waals surface area contributed by atoms with Crippen LogP contribution in [0, 0.1) is 0 Å². The van der Waals surface area contributed by atoms with Gasteiger partial charge >= 0.3 is 0 Å². The van der Waals surface area contributed by atoms with E-state index in [9.17, 15) is 9.59 Å². The first-order valence-corrected chi connectivity index (χ1v) is 8.59. The van der Waals surface area contributed by atoms with Gasteiger partial charge in [-0.15, -0.1) is 0 Å². The Morgan fingerprint density at radius 3 is 1.96 bits per heavy atom. The van der Waals surface area contributed by atoms with Crippen LogP contribution in [0.15, 0.2) is 42.5 Å². The minimum atomic E-state index is -1.19. The molecule has 1 aliphatic carbocycles. The number of rotatable bonds is 4. The second-order valence-electron chi connectivity index (χ2n) is 5.31. The van der Waals surface area contributed by atoms with Crippen LogP contribution in [0.3, 0.4) is 0 Å². The first-order chi connectivity index (χ1) is 11.1. The van der Waals surface area contributed by atoms with Gasteiger partial charge in [0.15, 0.2) is 23.1 Å². The zero-order valence-electron chi connectivity index (χ0n) is 12.8. The number of halogens is 1. The molecule has 5 heteroatoms. The molecule has 0 aliphatic heterocycles. The number of fused-ring (bicyclic) bond motifs is 1. The summed E-state index contributed by atoms with van der Waals surface area (Å²) in [6, 6.07) is 12.2. The van der Waals surface area contributed by atoms with Crippen molar-refractivity contribution in [2.45, 2.75) is 5.41 Å². The highest BCUT2D eigenvalue weighted by Crippen LogP contribution is 2.43. The maximum atomic E-state index is 13.0. The van der Waals surface area contributed by atoms with E-state index in [-0.39, 0.29) is 11.6 Å². The van der Waals surface area contributed by atoms with Gasteiger partial charge in [-0.2, -0.15) is 0 Å². The van der Waals surface area contributed by atoms with Crippen molar-refractivity contribution in [1.82, 2.24) is 0 Å². The highest BCUT2D eigenvalue weighted by molar-refractivity contribution is 14.1. The molecule has 0 amide bonds. The van der Waals surface area contributed by atoms with Gasteiger partial charge in [0.2, 0.25) is 0 Å². The molecule has 2 aromatic carbocycles. The van der Waals surface area contributed by atoms with Crippen LogP contribution in [0.1, 0.15) is 26.3 Å². The molecule has 0 unspecified atom stereocenters. The molecule has 0 heterocycles. The van der Waals surface area contributed by atoms with E-state index < -0.39 is 5.41 Å². The van der Waals surface area contributed by atoms with Gasteiger partial charge in [-0.1, -0.05) is 52.9 Å². The molecule has 118 valence electrons. The number of Topliss-reactive ketones (excluding diaryl/α,β-unsaturated/α-hetero) is 2. The van der Waals surface area contributed by atoms with Crippen LogP contribution in [-0.4, -0.2) is 30.2 Å². The lowest BCUT2D eigenvalue weighted by Gasteiger charge is -2.24. The Balaban J connectivity index is 2.21. The number of ether oxygens (including phenoxy) is 2. The van der Waals surface area contributed by atoms with Crippen molar-refractivity contribution in [3.8, 4) is 11.5 Å². The Morgan fingerprint density at radius 1 is 0.913 bits per heavy atom. The van der Waals surface area contributed by atoms with Crippen LogP contribution in [0.5, 0.6) is 11.5 Å². The molecule has 0 aromatic heterocycles. The summed E-state index contributed by atoms with van der Waals surface area (Å²) in [5.74, 6) is 0.764. The summed E-state index contributed by atoms with van der Waals surface area (Å²) in [5.41, 5.74) is 0.424. The topological polar surface area (TPSA) is 52.6 Å². The van der Waals surface area contributed by atoms with Crippen molar-refractivity contribution in [3.63, 3.8) is 0 Å². The Bertz CT molecular complexity index is 762. The van der Waals surface area contributed by atoms with Crippen LogP contribution < -0.4 is 9.47 Å². The van der Waals surface area contributed by atoms with E-state index >= 15 is 0 Å². The third-order valence-electron chi connectivity index (χ3n) is 4.27. The SMILES string of the molecule is COc1ccc(C2(CI)C(=O)c3ccccc3C2=O)cc1OC. The van der Waals surface area contributed by atoms with E-state index in [1.54, 1.807) is 49.6 Å². The third-order valence-corrected chi connectivity index (χ3v) is 5.41. The fraction of sp³-hybridized carbons (Fsp3) is 0.222. The summed E-state index contributed by atoms with van der Waals surface area (Å²) in [5, 5.41) is 0. The van der Waals surface area contributed by atoms with Crippen molar-refractivity contribution in [3.05, 3.63) is 59.2 Å². The molecule has 23 heavy (non-hydrogen) atoms. The average Bonchev–Trinajstić information content (AvgIpc) is 2.83. The van der Waals surface area contributed by atoms with Crippen molar-refractivity contribution in [1.29, 1.82) is 0 Å². The van der Waals surface area contributed by atoms with Gasteiger partial charge < -0.3 is 9.47 Å². The van der Waals surface area contributed by atoms with E-state index in [0.29, 0.717) is 32.6 Å². The number of ketones is 2. The second kappa shape index (κ2) is 5.96. The smallest absolute Gasteiger partial charge is 0.182 e. The fourth-order valence-corrected chi connectivity index (χ4v) is 4.14. The third kappa shape index (κ3) is 2.17. The van der Waals surface area contributed by atoms with E-state index in [2.05, 4.69) is 22.6 Å². The average molecular weight is 422 g/mol. The zero-order chi connectivity index (χ0) is 16.6. The van der Waals surface area contributed by atoms with Crippen LogP contribution >= 0.6 is 22.6 Å². The summed E-state index contributed by atoms with van der Waals surface area (Å²) >= 11 is 2.10. The van der Waals surface area contributed by atoms with Gasteiger partial charge in [0, 0.05) is 15.6 Å². The Labute approximate surface area is 147 Å². The molecule has 0 bridgehead atoms. The number of carbonyl (C=O) groups is 2. The number of benzene rings is 2. The lowest BCUT2D eigenvalue weighted by Crippen LogP contribution is -2.40. The number of hydrogen-bond acceptors (Lipinski definition) is 4. The van der Waals surface area contributed by atoms with E-state index in [0.717, 1.165) is 0 Å². The monoisotopic (exact) mass is 422 g/mol. The molecule has 3 rings (SSSR count).